The summed E-state index contributed by atoms with van der Waals surface area (Å²) in [4.78, 5) is 25.6. The van der Waals surface area contributed by atoms with Gasteiger partial charge in [0.2, 0.25) is 0 Å². The first kappa shape index (κ1) is 15.8. The number of amides is 1. The van der Waals surface area contributed by atoms with Gasteiger partial charge in [0.05, 0.1) is 21.9 Å². The van der Waals surface area contributed by atoms with Gasteiger partial charge in [-0.2, -0.15) is 0 Å². The highest BCUT2D eigenvalue weighted by atomic mass is 32.2. The van der Waals surface area contributed by atoms with Crippen LogP contribution in [0.4, 0.5) is 5.82 Å². The molecule has 0 unspecified atom stereocenters. The van der Waals surface area contributed by atoms with Gasteiger partial charge >= 0.3 is 0 Å². The number of pyridine rings is 1. The summed E-state index contributed by atoms with van der Waals surface area (Å²) in [7, 11) is 0. The number of benzene rings is 1. The third-order valence-electron chi connectivity index (χ3n) is 3.93. The van der Waals surface area contributed by atoms with Crippen molar-refractivity contribution in [3.63, 3.8) is 0 Å². The average Bonchev–Trinajstić information content (AvgIpc) is 3.43. The van der Waals surface area contributed by atoms with E-state index < -0.39 is 0 Å². The number of nitrogens with two attached hydrogens (primary N) is 1. The number of carbonyl (C=O) groups is 1. The van der Waals surface area contributed by atoms with Crippen LogP contribution in [0.1, 0.15) is 29.0 Å². The molecule has 7 heteroatoms. The molecular formula is C18H17N5OS. The van der Waals surface area contributed by atoms with Crippen LogP contribution in [0.25, 0.3) is 10.9 Å². The molecule has 1 saturated carbocycles. The Morgan fingerprint density at radius 1 is 1.24 bits per heavy atom. The molecule has 3 aromatic rings. The minimum absolute atomic E-state index is 0.0387. The Morgan fingerprint density at radius 3 is 2.88 bits per heavy atom. The molecule has 6 nitrogen and oxygen atoms in total. The van der Waals surface area contributed by atoms with E-state index in [1.807, 2.05) is 30.3 Å². The van der Waals surface area contributed by atoms with E-state index >= 15 is 0 Å². The van der Waals surface area contributed by atoms with Crippen LogP contribution in [0.2, 0.25) is 0 Å². The summed E-state index contributed by atoms with van der Waals surface area (Å²) >= 11 is 1.49. The first-order chi connectivity index (χ1) is 12.2. The SMILES string of the molecule is Nc1ccnc(CSc2cc(C(=O)NC3CC3)c3ccccc3n2)n1. The lowest BCUT2D eigenvalue weighted by Gasteiger charge is -2.09. The van der Waals surface area contributed by atoms with Gasteiger partial charge in [-0.3, -0.25) is 4.79 Å². The molecule has 0 bridgehead atoms. The Balaban J connectivity index is 1.63. The summed E-state index contributed by atoms with van der Waals surface area (Å²) in [6, 6.07) is 11.5. The molecule has 126 valence electrons. The van der Waals surface area contributed by atoms with Crippen LogP contribution in [0, 0.1) is 0 Å². The smallest absolute Gasteiger partial charge is 0.252 e. The van der Waals surface area contributed by atoms with Gasteiger partial charge in [-0.05, 0) is 31.0 Å². The summed E-state index contributed by atoms with van der Waals surface area (Å²) in [5.41, 5.74) is 7.16. The number of para-hydroxylation sites is 1. The molecule has 0 saturated heterocycles. The number of nitrogens with one attached hydrogen (secondary N) is 1. The lowest BCUT2D eigenvalue weighted by molar-refractivity contribution is 0.0952. The maximum Gasteiger partial charge on any atom is 0.252 e. The highest BCUT2D eigenvalue weighted by Gasteiger charge is 2.25. The van der Waals surface area contributed by atoms with Crippen molar-refractivity contribution < 1.29 is 4.79 Å². The predicted molar refractivity (Wildman–Crippen MR) is 98.2 cm³/mol. The molecule has 1 aromatic carbocycles. The number of hydrogen-bond acceptors (Lipinski definition) is 6. The van der Waals surface area contributed by atoms with Crippen molar-refractivity contribution in [2.45, 2.75) is 29.7 Å². The number of fused-ring (bicyclic) bond motifs is 1. The summed E-state index contributed by atoms with van der Waals surface area (Å²) in [6.45, 7) is 0. The fourth-order valence-corrected chi connectivity index (χ4v) is 3.31. The van der Waals surface area contributed by atoms with E-state index in [0.29, 0.717) is 29.0 Å². The van der Waals surface area contributed by atoms with Crippen molar-refractivity contribution >= 4 is 34.4 Å². The summed E-state index contributed by atoms with van der Waals surface area (Å²) in [6.07, 6.45) is 3.76. The Morgan fingerprint density at radius 2 is 2.08 bits per heavy atom. The van der Waals surface area contributed by atoms with E-state index in [1.54, 1.807) is 12.3 Å². The number of anilines is 1. The Bertz CT molecular complexity index is 942. The molecule has 0 spiro atoms. The van der Waals surface area contributed by atoms with Crippen molar-refractivity contribution in [2.24, 2.45) is 0 Å². The summed E-state index contributed by atoms with van der Waals surface area (Å²) in [5, 5.41) is 4.69. The molecule has 0 aliphatic heterocycles. The second-order valence-corrected chi connectivity index (χ2v) is 6.95. The number of rotatable bonds is 5. The molecular weight excluding hydrogens is 334 g/mol. The predicted octanol–water partition coefficient (Wildman–Crippen LogP) is 2.79. The van der Waals surface area contributed by atoms with E-state index in [9.17, 15) is 4.79 Å². The standard InChI is InChI=1S/C18H17N5OS/c19-15-7-8-20-16(23-15)10-25-17-9-13(18(24)21-11-5-6-11)12-3-1-2-4-14(12)22-17/h1-4,7-9,11H,5-6,10H2,(H,21,24)(H2,19,20,23). The zero-order valence-electron chi connectivity index (χ0n) is 13.5. The van der Waals surface area contributed by atoms with Gasteiger partial charge in [-0.25, -0.2) is 15.0 Å². The number of thioether (sulfide) groups is 1. The maximum atomic E-state index is 12.6. The summed E-state index contributed by atoms with van der Waals surface area (Å²) < 4.78 is 0. The molecule has 2 heterocycles. The van der Waals surface area contributed by atoms with Gasteiger partial charge in [-0.1, -0.05) is 30.0 Å². The molecule has 4 rings (SSSR count). The molecule has 1 fully saturated rings. The van der Waals surface area contributed by atoms with E-state index in [-0.39, 0.29) is 5.91 Å². The molecule has 0 radical (unpaired) electrons. The minimum atomic E-state index is -0.0387. The third kappa shape index (κ3) is 3.71. The molecule has 1 amide bonds. The van der Waals surface area contributed by atoms with Crippen LogP contribution in [0.3, 0.4) is 0 Å². The van der Waals surface area contributed by atoms with E-state index in [4.69, 9.17) is 5.73 Å². The first-order valence-corrected chi connectivity index (χ1v) is 9.08. The molecule has 1 aliphatic rings. The topological polar surface area (TPSA) is 93.8 Å². The quantitative estimate of drug-likeness (QED) is 0.687. The first-order valence-electron chi connectivity index (χ1n) is 8.10. The van der Waals surface area contributed by atoms with Crippen molar-refractivity contribution in [3.8, 4) is 0 Å². The van der Waals surface area contributed by atoms with E-state index in [1.165, 1.54) is 11.8 Å². The lowest BCUT2D eigenvalue weighted by Crippen LogP contribution is -2.25. The average molecular weight is 351 g/mol. The number of carbonyl (C=O) groups excluding carboxylic acids is 1. The zero-order valence-corrected chi connectivity index (χ0v) is 14.3. The molecule has 3 N–H and O–H groups in total. The monoisotopic (exact) mass is 351 g/mol. The Kier molecular flexibility index (Phi) is 4.23. The van der Waals surface area contributed by atoms with Crippen molar-refractivity contribution in [3.05, 3.63) is 54.0 Å². The number of hydrogen-bond donors (Lipinski definition) is 2. The third-order valence-corrected chi connectivity index (χ3v) is 4.83. The largest absolute Gasteiger partial charge is 0.384 e. The van der Waals surface area contributed by atoms with Crippen LogP contribution in [-0.2, 0) is 5.75 Å². The Hall–Kier alpha value is -2.67. The van der Waals surface area contributed by atoms with Crippen molar-refractivity contribution in [1.82, 2.24) is 20.3 Å². The fourth-order valence-electron chi connectivity index (χ4n) is 2.53. The molecule has 0 atom stereocenters. The van der Waals surface area contributed by atoms with Crippen LogP contribution in [0.5, 0.6) is 0 Å². The number of nitrogens with zero attached hydrogens (tertiary/aromatic N) is 3. The fraction of sp³-hybridized carbons (Fsp3) is 0.222. The van der Waals surface area contributed by atoms with Crippen LogP contribution in [-0.4, -0.2) is 26.9 Å². The minimum Gasteiger partial charge on any atom is -0.384 e. The van der Waals surface area contributed by atoms with Gasteiger partial charge in [0.15, 0.2) is 0 Å². The van der Waals surface area contributed by atoms with Gasteiger partial charge in [-0.15, -0.1) is 0 Å². The molecule has 25 heavy (non-hydrogen) atoms. The lowest BCUT2D eigenvalue weighted by atomic mass is 10.1. The van der Waals surface area contributed by atoms with Crippen LogP contribution in [0.15, 0.2) is 47.6 Å². The van der Waals surface area contributed by atoms with Gasteiger partial charge in [0.25, 0.3) is 5.91 Å². The van der Waals surface area contributed by atoms with Gasteiger partial charge < -0.3 is 11.1 Å². The Labute approximate surface area is 149 Å². The van der Waals surface area contributed by atoms with E-state index in [0.717, 1.165) is 28.8 Å². The van der Waals surface area contributed by atoms with Crippen LogP contribution >= 0.6 is 11.8 Å². The highest BCUT2D eigenvalue weighted by molar-refractivity contribution is 7.98. The second kappa shape index (κ2) is 6.68. The highest BCUT2D eigenvalue weighted by Crippen LogP contribution is 2.27. The zero-order chi connectivity index (χ0) is 17.2. The molecule has 1 aliphatic carbocycles. The number of aromatic nitrogens is 3. The van der Waals surface area contributed by atoms with Gasteiger partial charge in [0, 0.05) is 17.6 Å². The van der Waals surface area contributed by atoms with Crippen molar-refractivity contribution in [2.75, 3.05) is 5.73 Å². The van der Waals surface area contributed by atoms with Gasteiger partial charge in [0.1, 0.15) is 11.6 Å². The number of nitrogen functional groups attached to an aromatic ring is 1. The normalized spacial score (nSPS) is 13.8. The van der Waals surface area contributed by atoms with Crippen LogP contribution < -0.4 is 11.1 Å². The van der Waals surface area contributed by atoms with E-state index in [2.05, 4.69) is 20.3 Å². The van der Waals surface area contributed by atoms with Crippen molar-refractivity contribution in [1.29, 1.82) is 0 Å². The molecule has 2 aromatic heterocycles. The maximum absolute atomic E-state index is 12.6. The second-order valence-electron chi connectivity index (χ2n) is 5.96. The summed E-state index contributed by atoms with van der Waals surface area (Å²) in [5.74, 6) is 1.59.